The summed E-state index contributed by atoms with van der Waals surface area (Å²) in [6.07, 6.45) is 1.69. The molecular weight excluding hydrogens is 264 g/mol. The van der Waals surface area contributed by atoms with Gasteiger partial charge < -0.3 is 15.6 Å². The zero-order valence-electron chi connectivity index (χ0n) is 13.0. The molecule has 0 fully saturated rings. The average molecular weight is 288 g/mol. The molecule has 3 N–H and O–H groups in total. The highest BCUT2D eigenvalue weighted by Gasteiger charge is 2.16. The van der Waals surface area contributed by atoms with Crippen LogP contribution in [-0.4, -0.2) is 28.0 Å². The van der Waals surface area contributed by atoms with E-state index in [-0.39, 0.29) is 11.8 Å². The van der Waals surface area contributed by atoms with Gasteiger partial charge >= 0.3 is 0 Å². The van der Waals surface area contributed by atoms with E-state index in [1.165, 1.54) is 0 Å². The standard InChI is InChI=1S/C16H24N4O/c1-11(2)15(17)16(21)18-10-6-9-14-19-12-7-4-5-8-13(12)20(14)3/h4-5,7-8,11,15H,6,9-10,17H2,1-3H3,(H,18,21)/t15-/m0/s1. The Kier molecular flexibility index (Phi) is 4.96. The number of fused-ring (bicyclic) bond motifs is 1. The monoisotopic (exact) mass is 288 g/mol. The zero-order chi connectivity index (χ0) is 15.4. The number of carbonyl (C=O) groups is 1. The van der Waals surface area contributed by atoms with Crippen molar-refractivity contribution in [2.75, 3.05) is 6.54 Å². The number of aryl methyl sites for hydroxylation is 2. The molecular formula is C16H24N4O. The molecule has 0 saturated carbocycles. The fourth-order valence-corrected chi connectivity index (χ4v) is 2.30. The van der Waals surface area contributed by atoms with E-state index in [0.717, 1.165) is 29.7 Å². The maximum absolute atomic E-state index is 11.7. The van der Waals surface area contributed by atoms with E-state index >= 15 is 0 Å². The first-order chi connectivity index (χ1) is 10.0. The van der Waals surface area contributed by atoms with Crippen molar-refractivity contribution in [2.24, 2.45) is 18.7 Å². The molecule has 0 aliphatic rings. The molecule has 0 radical (unpaired) electrons. The van der Waals surface area contributed by atoms with Gasteiger partial charge in [0, 0.05) is 20.0 Å². The second-order valence-corrected chi connectivity index (χ2v) is 5.74. The van der Waals surface area contributed by atoms with Crippen molar-refractivity contribution < 1.29 is 4.79 Å². The Hall–Kier alpha value is -1.88. The number of aromatic nitrogens is 2. The van der Waals surface area contributed by atoms with Gasteiger partial charge in [-0.2, -0.15) is 0 Å². The maximum Gasteiger partial charge on any atom is 0.237 e. The summed E-state index contributed by atoms with van der Waals surface area (Å²) in [5.74, 6) is 1.12. The lowest BCUT2D eigenvalue weighted by molar-refractivity contribution is -0.123. The molecule has 0 aliphatic carbocycles. The Bertz CT molecular complexity index is 618. The van der Waals surface area contributed by atoms with Crippen LogP contribution in [0.15, 0.2) is 24.3 Å². The smallest absolute Gasteiger partial charge is 0.237 e. The van der Waals surface area contributed by atoms with Crippen LogP contribution in [0.2, 0.25) is 0 Å². The normalized spacial score (nSPS) is 12.8. The topological polar surface area (TPSA) is 72.9 Å². The molecule has 0 bridgehead atoms. The molecule has 5 nitrogen and oxygen atoms in total. The minimum absolute atomic E-state index is 0.0741. The molecule has 21 heavy (non-hydrogen) atoms. The summed E-state index contributed by atoms with van der Waals surface area (Å²) < 4.78 is 2.11. The van der Waals surface area contributed by atoms with Gasteiger partial charge in [-0.05, 0) is 24.5 Å². The SMILES string of the molecule is CC(C)[C@H](N)C(=O)NCCCc1nc2ccccc2n1C. The summed E-state index contributed by atoms with van der Waals surface area (Å²) in [5.41, 5.74) is 7.95. The molecule has 1 aromatic heterocycles. The summed E-state index contributed by atoms with van der Waals surface area (Å²) in [4.78, 5) is 16.4. The van der Waals surface area contributed by atoms with Gasteiger partial charge in [0.25, 0.3) is 0 Å². The van der Waals surface area contributed by atoms with Crippen LogP contribution < -0.4 is 11.1 Å². The molecule has 5 heteroatoms. The van der Waals surface area contributed by atoms with Gasteiger partial charge in [-0.15, -0.1) is 0 Å². The van der Waals surface area contributed by atoms with Crippen molar-refractivity contribution in [3.05, 3.63) is 30.1 Å². The van der Waals surface area contributed by atoms with Gasteiger partial charge in [0.15, 0.2) is 0 Å². The molecule has 1 amide bonds. The second-order valence-electron chi connectivity index (χ2n) is 5.74. The highest BCUT2D eigenvalue weighted by molar-refractivity contribution is 5.81. The molecule has 0 saturated heterocycles. The molecule has 1 atom stereocenters. The van der Waals surface area contributed by atoms with Gasteiger partial charge in [-0.1, -0.05) is 26.0 Å². The van der Waals surface area contributed by atoms with Crippen LogP contribution in [0.5, 0.6) is 0 Å². The van der Waals surface area contributed by atoms with E-state index in [4.69, 9.17) is 5.73 Å². The number of nitrogens with two attached hydrogens (primary N) is 1. The number of para-hydroxylation sites is 2. The van der Waals surface area contributed by atoms with Crippen molar-refractivity contribution in [3.8, 4) is 0 Å². The van der Waals surface area contributed by atoms with Gasteiger partial charge in [0.05, 0.1) is 17.1 Å². The third kappa shape index (κ3) is 3.61. The Morgan fingerprint density at radius 2 is 2.10 bits per heavy atom. The van der Waals surface area contributed by atoms with Gasteiger partial charge in [-0.25, -0.2) is 4.98 Å². The maximum atomic E-state index is 11.7. The lowest BCUT2D eigenvalue weighted by Crippen LogP contribution is -2.44. The lowest BCUT2D eigenvalue weighted by atomic mass is 10.1. The third-order valence-corrected chi connectivity index (χ3v) is 3.78. The molecule has 0 unspecified atom stereocenters. The van der Waals surface area contributed by atoms with Crippen molar-refractivity contribution in [1.82, 2.24) is 14.9 Å². The second kappa shape index (κ2) is 6.72. The number of carbonyl (C=O) groups excluding carboxylic acids is 1. The number of amides is 1. The van der Waals surface area contributed by atoms with Crippen molar-refractivity contribution in [2.45, 2.75) is 32.7 Å². The van der Waals surface area contributed by atoms with E-state index in [2.05, 4.69) is 20.9 Å². The van der Waals surface area contributed by atoms with Gasteiger partial charge in [0.2, 0.25) is 5.91 Å². The average Bonchev–Trinajstić information content (AvgIpc) is 2.79. The number of hydrogen-bond donors (Lipinski definition) is 2. The Labute approximate surface area is 125 Å². The fraction of sp³-hybridized carbons (Fsp3) is 0.500. The fourth-order valence-electron chi connectivity index (χ4n) is 2.30. The Morgan fingerprint density at radius 1 is 1.38 bits per heavy atom. The van der Waals surface area contributed by atoms with Crippen LogP contribution in [0.1, 0.15) is 26.1 Å². The first-order valence-corrected chi connectivity index (χ1v) is 7.44. The largest absolute Gasteiger partial charge is 0.355 e. The highest BCUT2D eigenvalue weighted by Crippen LogP contribution is 2.14. The molecule has 114 valence electrons. The molecule has 1 heterocycles. The summed E-state index contributed by atoms with van der Waals surface area (Å²) in [6.45, 7) is 4.52. The molecule has 1 aromatic carbocycles. The molecule has 0 aliphatic heterocycles. The van der Waals surface area contributed by atoms with Crippen LogP contribution in [0.4, 0.5) is 0 Å². The van der Waals surface area contributed by atoms with Gasteiger partial charge in [-0.3, -0.25) is 4.79 Å². The number of nitrogens with zero attached hydrogens (tertiary/aromatic N) is 2. The van der Waals surface area contributed by atoms with Crippen LogP contribution in [0.3, 0.4) is 0 Å². The van der Waals surface area contributed by atoms with E-state index in [9.17, 15) is 4.79 Å². The van der Waals surface area contributed by atoms with E-state index in [0.29, 0.717) is 6.54 Å². The molecule has 2 aromatic rings. The minimum Gasteiger partial charge on any atom is -0.355 e. The summed E-state index contributed by atoms with van der Waals surface area (Å²) >= 11 is 0. The van der Waals surface area contributed by atoms with Crippen LogP contribution in [0.25, 0.3) is 11.0 Å². The molecule has 2 rings (SSSR count). The van der Waals surface area contributed by atoms with Crippen LogP contribution in [-0.2, 0) is 18.3 Å². The van der Waals surface area contributed by atoms with E-state index < -0.39 is 6.04 Å². The van der Waals surface area contributed by atoms with Crippen molar-refractivity contribution >= 4 is 16.9 Å². The first-order valence-electron chi connectivity index (χ1n) is 7.44. The number of benzene rings is 1. The minimum atomic E-state index is -0.430. The third-order valence-electron chi connectivity index (χ3n) is 3.78. The Morgan fingerprint density at radius 3 is 2.76 bits per heavy atom. The number of hydrogen-bond acceptors (Lipinski definition) is 3. The van der Waals surface area contributed by atoms with Crippen molar-refractivity contribution in [1.29, 1.82) is 0 Å². The van der Waals surface area contributed by atoms with Crippen LogP contribution in [0, 0.1) is 5.92 Å². The Balaban J connectivity index is 1.86. The number of nitrogens with one attached hydrogen (secondary N) is 1. The summed E-state index contributed by atoms with van der Waals surface area (Å²) in [7, 11) is 2.03. The molecule has 0 spiro atoms. The van der Waals surface area contributed by atoms with E-state index in [1.54, 1.807) is 0 Å². The lowest BCUT2D eigenvalue weighted by Gasteiger charge is -2.15. The van der Waals surface area contributed by atoms with Crippen molar-refractivity contribution in [3.63, 3.8) is 0 Å². The predicted molar refractivity (Wildman–Crippen MR) is 84.9 cm³/mol. The zero-order valence-corrected chi connectivity index (χ0v) is 13.0. The quantitative estimate of drug-likeness (QED) is 0.793. The summed E-state index contributed by atoms with van der Waals surface area (Å²) in [6, 6.07) is 7.66. The number of imidazole rings is 1. The van der Waals surface area contributed by atoms with E-state index in [1.807, 2.05) is 39.1 Å². The highest BCUT2D eigenvalue weighted by atomic mass is 16.2. The summed E-state index contributed by atoms with van der Waals surface area (Å²) in [5, 5.41) is 2.89. The number of rotatable bonds is 6. The first kappa shape index (κ1) is 15.5. The predicted octanol–water partition coefficient (Wildman–Crippen LogP) is 1.61. The van der Waals surface area contributed by atoms with Crippen LogP contribution >= 0.6 is 0 Å². The van der Waals surface area contributed by atoms with Gasteiger partial charge in [0.1, 0.15) is 5.82 Å².